The Hall–Kier alpha value is -7.02. The maximum Gasteiger partial charge on any atom is 0.00959 e. The van der Waals surface area contributed by atoms with Crippen LogP contribution in [0.25, 0.3) is 78.2 Å². The minimum atomic E-state index is 0.230. The summed E-state index contributed by atoms with van der Waals surface area (Å²) in [7, 11) is 0. The molecule has 61 heavy (non-hydrogen) atoms. The van der Waals surface area contributed by atoms with Gasteiger partial charge in [-0.3, -0.25) is 0 Å². The zero-order valence-electron chi connectivity index (χ0n) is 34.5. The Kier molecular flexibility index (Phi) is 8.60. The van der Waals surface area contributed by atoms with Crippen LogP contribution in [0.5, 0.6) is 0 Å². The maximum absolute atomic E-state index is 2.52. The summed E-state index contributed by atoms with van der Waals surface area (Å²) in [5, 5.41) is 6.83. The highest BCUT2D eigenvalue weighted by molar-refractivity contribution is 6.21. The second kappa shape index (κ2) is 14.6. The first-order valence-corrected chi connectivity index (χ1v) is 22.1. The predicted molar refractivity (Wildman–Crippen MR) is 259 cm³/mol. The average Bonchev–Trinajstić information content (AvgIpc) is 4.08. The van der Waals surface area contributed by atoms with Crippen LogP contribution in [-0.2, 0) is 6.42 Å². The Balaban J connectivity index is 1.15. The molecule has 1 atom stereocenters. The molecule has 0 aromatic heterocycles. The van der Waals surface area contributed by atoms with Gasteiger partial charge in [0.25, 0.3) is 0 Å². The van der Waals surface area contributed by atoms with Crippen molar-refractivity contribution < 1.29 is 0 Å². The van der Waals surface area contributed by atoms with E-state index in [0.717, 1.165) is 12.8 Å². The molecule has 0 radical (unpaired) electrons. The zero-order chi connectivity index (χ0) is 40.4. The molecule has 3 aliphatic rings. The SMILES string of the molecule is C/C(=C\c1ccccc1C1CC1)C1CC(c2cccc(-c3ccccc3)c2)=c2ccc3c(C4=Cc5ccccc5C4)cc(-c4cccc(-c5ccccc5)c4)c4ccc1c2c34. The fraction of sp³-hybridized carbons (Fsp3) is 0.115. The number of rotatable bonds is 8. The van der Waals surface area contributed by atoms with Gasteiger partial charge in [-0.05, 0) is 167 Å². The zero-order valence-corrected chi connectivity index (χ0v) is 34.5. The van der Waals surface area contributed by atoms with E-state index in [1.165, 1.54) is 129 Å². The molecule has 0 aliphatic heterocycles. The lowest BCUT2D eigenvalue weighted by Gasteiger charge is -2.29. The van der Waals surface area contributed by atoms with Crippen LogP contribution in [0.1, 0.15) is 77.0 Å². The van der Waals surface area contributed by atoms with Crippen molar-refractivity contribution in [3.63, 3.8) is 0 Å². The summed E-state index contributed by atoms with van der Waals surface area (Å²) >= 11 is 0. The standard InChI is InChI=1S/C61H46/c1-39(32-47-20-10-11-25-51(47)42-26-27-42)56-37-57(48-23-12-21-43(33-48)40-14-4-2-5-15-40)53-30-31-55-59(50-35-45-18-8-9-19-46(45)36-50)38-58(54-29-28-52(56)60(53)61(54)55)49-24-13-22-44(34-49)41-16-6-3-7-17-41/h2-25,28-35,38,42,56H,26-27,36-37H2,1H3/b39-32+. The minimum absolute atomic E-state index is 0.230. The van der Waals surface area contributed by atoms with Crippen LogP contribution in [0.15, 0.2) is 194 Å². The van der Waals surface area contributed by atoms with Crippen LogP contribution in [0.2, 0.25) is 0 Å². The lowest BCUT2D eigenvalue weighted by atomic mass is 9.74. The molecule has 0 bridgehead atoms. The number of hydrogen-bond donors (Lipinski definition) is 0. The van der Waals surface area contributed by atoms with Crippen molar-refractivity contribution in [1.29, 1.82) is 0 Å². The highest BCUT2D eigenvalue weighted by atomic mass is 14.3. The third-order valence-electron chi connectivity index (χ3n) is 13.8. The van der Waals surface area contributed by atoms with E-state index in [0.29, 0.717) is 5.92 Å². The van der Waals surface area contributed by atoms with Crippen molar-refractivity contribution in [2.24, 2.45) is 0 Å². The second-order valence-electron chi connectivity index (χ2n) is 17.6. The third-order valence-corrected chi connectivity index (χ3v) is 13.8. The molecule has 1 unspecified atom stereocenters. The van der Waals surface area contributed by atoms with Gasteiger partial charge < -0.3 is 0 Å². The van der Waals surface area contributed by atoms with Crippen LogP contribution < -0.4 is 5.22 Å². The van der Waals surface area contributed by atoms with Crippen molar-refractivity contribution in [3.05, 3.63) is 238 Å². The largest absolute Gasteiger partial charge is 0.0649 e. The van der Waals surface area contributed by atoms with Gasteiger partial charge in [-0.2, -0.15) is 0 Å². The van der Waals surface area contributed by atoms with Gasteiger partial charge in [0.2, 0.25) is 0 Å². The van der Waals surface area contributed by atoms with Gasteiger partial charge in [0.05, 0.1) is 0 Å². The molecule has 0 saturated heterocycles. The van der Waals surface area contributed by atoms with Gasteiger partial charge in [-0.15, -0.1) is 0 Å². The van der Waals surface area contributed by atoms with Crippen molar-refractivity contribution in [1.82, 2.24) is 0 Å². The lowest BCUT2D eigenvalue weighted by Crippen LogP contribution is -2.20. The Morgan fingerprint density at radius 1 is 0.492 bits per heavy atom. The fourth-order valence-electron chi connectivity index (χ4n) is 10.6. The molecule has 1 saturated carbocycles. The van der Waals surface area contributed by atoms with Gasteiger partial charge in [0, 0.05) is 5.92 Å². The van der Waals surface area contributed by atoms with Crippen LogP contribution >= 0.6 is 0 Å². The molecule has 0 spiro atoms. The van der Waals surface area contributed by atoms with E-state index < -0.39 is 0 Å². The molecule has 9 aromatic carbocycles. The van der Waals surface area contributed by atoms with Crippen LogP contribution in [0, 0.1) is 0 Å². The van der Waals surface area contributed by atoms with Crippen molar-refractivity contribution in [3.8, 4) is 33.4 Å². The summed E-state index contributed by atoms with van der Waals surface area (Å²) in [6.45, 7) is 2.39. The van der Waals surface area contributed by atoms with Gasteiger partial charge >= 0.3 is 0 Å². The molecule has 1 fully saturated rings. The average molecular weight is 779 g/mol. The molecule has 290 valence electrons. The van der Waals surface area contributed by atoms with Gasteiger partial charge in [-0.1, -0.05) is 188 Å². The Labute approximate surface area is 358 Å². The normalized spacial score (nSPS) is 16.0. The first-order valence-electron chi connectivity index (χ1n) is 22.1. The minimum Gasteiger partial charge on any atom is -0.0649 e. The fourth-order valence-corrected chi connectivity index (χ4v) is 10.6. The van der Waals surface area contributed by atoms with Crippen LogP contribution in [0.4, 0.5) is 0 Å². The van der Waals surface area contributed by atoms with Gasteiger partial charge in [-0.25, -0.2) is 0 Å². The van der Waals surface area contributed by atoms with E-state index in [-0.39, 0.29) is 5.92 Å². The molecule has 0 N–H and O–H groups in total. The molecule has 0 heteroatoms. The molecule has 0 nitrogen and oxygen atoms in total. The Morgan fingerprint density at radius 3 is 1.87 bits per heavy atom. The smallest absolute Gasteiger partial charge is 0.00959 e. The number of benzene rings is 9. The van der Waals surface area contributed by atoms with Crippen LogP contribution in [0.3, 0.4) is 0 Å². The summed E-state index contributed by atoms with van der Waals surface area (Å²) in [5.41, 5.74) is 21.5. The summed E-state index contributed by atoms with van der Waals surface area (Å²) in [4.78, 5) is 0. The quantitative estimate of drug-likeness (QED) is 0.144. The first kappa shape index (κ1) is 35.9. The third kappa shape index (κ3) is 6.29. The lowest BCUT2D eigenvalue weighted by molar-refractivity contribution is 0.821. The number of fused-ring (bicyclic) bond motifs is 1. The second-order valence-corrected chi connectivity index (χ2v) is 17.6. The highest BCUT2D eigenvalue weighted by Gasteiger charge is 2.30. The maximum atomic E-state index is 2.52. The van der Waals surface area contributed by atoms with Crippen molar-refractivity contribution in [2.45, 2.75) is 44.4 Å². The summed E-state index contributed by atoms with van der Waals surface area (Å²) < 4.78 is 0. The van der Waals surface area contributed by atoms with Crippen LogP contribution in [-0.4, -0.2) is 0 Å². The van der Waals surface area contributed by atoms with E-state index in [2.05, 4.69) is 207 Å². The monoisotopic (exact) mass is 778 g/mol. The van der Waals surface area contributed by atoms with E-state index in [1.807, 2.05) is 0 Å². The number of hydrogen-bond acceptors (Lipinski definition) is 0. The molecule has 0 heterocycles. The highest BCUT2D eigenvalue weighted by Crippen LogP contribution is 2.48. The first-order chi connectivity index (χ1) is 30.1. The van der Waals surface area contributed by atoms with Crippen molar-refractivity contribution in [2.75, 3.05) is 0 Å². The van der Waals surface area contributed by atoms with Crippen molar-refractivity contribution >= 4 is 44.8 Å². The molecule has 3 aliphatic carbocycles. The predicted octanol–water partition coefficient (Wildman–Crippen LogP) is 15.5. The van der Waals surface area contributed by atoms with E-state index >= 15 is 0 Å². The summed E-state index contributed by atoms with van der Waals surface area (Å²) in [5.74, 6) is 0.922. The van der Waals surface area contributed by atoms with Gasteiger partial charge in [0.15, 0.2) is 0 Å². The number of allylic oxidation sites excluding steroid dienone is 2. The molecular formula is C61H46. The van der Waals surface area contributed by atoms with E-state index in [9.17, 15) is 0 Å². The Bertz CT molecular complexity index is 3300. The molecular weight excluding hydrogens is 733 g/mol. The van der Waals surface area contributed by atoms with Gasteiger partial charge in [0.1, 0.15) is 0 Å². The topological polar surface area (TPSA) is 0 Å². The summed E-state index contributed by atoms with van der Waals surface area (Å²) in [6.07, 6.45) is 9.45. The summed E-state index contributed by atoms with van der Waals surface area (Å²) in [6, 6.07) is 70.6. The van der Waals surface area contributed by atoms with E-state index in [4.69, 9.17) is 0 Å². The Morgan fingerprint density at radius 2 is 1.11 bits per heavy atom. The van der Waals surface area contributed by atoms with E-state index in [1.54, 1.807) is 0 Å². The molecule has 9 aromatic rings. The molecule has 12 rings (SSSR count). The molecule has 0 amide bonds.